The predicted octanol–water partition coefficient (Wildman–Crippen LogP) is 4.46. The minimum atomic E-state index is -0.648. The minimum Gasteiger partial charge on any atom is -0.507 e. The molecule has 1 saturated heterocycles. The van der Waals surface area contributed by atoms with E-state index < -0.39 is 17.7 Å². The summed E-state index contributed by atoms with van der Waals surface area (Å²) in [6, 6.07) is 13.6. The van der Waals surface area contributed by atoms with Crippen molar-refractivity contribution in [3.05, 3.63) is 65.2 Å². The Kier molecular flexibility index (Phi) is 5.98. The monoisotopic (exact) mass is 421 g/mol. The first-order valence-corrected chi connectivity index (χ1v) is 10.7. The Balaban J connectivity index is 1.83. The zero-order valence-electron chi connectivity index (χ0n) is 17.8. The van der Waals surface area contributed by atoms with Gasteiger partial charge in [-0.3, -0.25) is 9.59 Å². The van der Waals surface area contributed by atoms with Gasteiger partial charge in [0.1, 0.15) is 17.3 Å². The average molecular weight is 421 g/mol. The molecule has 1 N–H and O–H groups in total. The van der Waals surface area contributed by atoms with Crippen molar-refractivity contribution >= 4 is 17.4 Å². The fourth-order valence-electron chi connectivity index (χ4n) is 4.58. The van der Waals surface area contributed by atoms with Crippen LogP contribution in [0.15, 0.2) is 54.1 Å². The number of nitrogens with zero attached hydrogens (tertiary/aromatic N) is 1. The number of hydrogen-bond acceptors (Lipinski definition) is 5. The summed E-state index contributed by atoms with van der Waals surface area (Å²) in [7, 11) is 1.58. The number of Topliss-reactive ketones (excluding diaryl/α,β-unsaturated/α-hetero) is 1. The molecule has 1 heterocycles. The molecule has 0 aromatic heterocycles. The molecule has 0 radical (unpaired) electrons. The van der Waals surface area contributed by atoms with Crippen molar-refractivity contribution in [3.8, 4) is 11.5 Å². The minimum absolute atomic E-state index is 0.0155. The van der Waals surface area contributed by atoms with Gasteiger partial charge in [-0.2, -0.15) is 0 Å². The van der Waals surface area contributed by atoms with Crippen molar-refractivity contribution in [2.24, 2.45) is 0 Å². The van der Waals surface area contributed by atoms with Crippen LogP contribution in [0.5, 0.6) is 11.5 Å². The summed E-state index contributed by atoms with van der Waals surface area (Å²) in [6.07, 6.45) is 3.77. The molecule has 2 fully saturated rings. The first kappa shape index (κ1) is 21.0. The second kappa shape index (κ2) is 8.84. The molecule has 1 saturated carbocycles. The maximum Gasteiger partial charge on any atom is 0.295 e. The molecule has 6 heteroatoms. The molecule has 1 atom stereocenters. The highest BCUT2D eigenvalue weighted by molar-refractivity contribution is 6.46. The number of ketones is 1. The van der Waals surface area contributed by atoms with Crippen molar-refractivity contribution in [1.29, 1.82) is 0 Å². The maximum absolute atomic E-state index is 13.1. The number of ether oxygens (including phenoxy) is 2. The number of benzene rings is 2. The molecule has 2 aromatic rings. The highest BCUT2D eigenvalue weighted by Gasteiger charge is 2.49. The summed E-state index contributed by atoms with van der Waals surface area (Å²) in [4.78, 5) is 27.9. The highest BCUT2D eigenvalue weighted by atomic mass is 16.5. The Morgan fingerprint density at radius 1 is 1.06 bits per heavy atom. The van der Waals surface area contributed by atoms with Crippen LogP contribution in [0.3, 0.4) is 0 Å². The third-order valence-corrected chi connectivity index (χ3v) is 6.05. The number of methoxy groups -OCH3 is 1. The van der Waals surface area contributed by atoms with Gasteiger partial charge in [0.05, 0.1) is 25.3 Å². The normalized spacial score (nSPS) is 21.0. The van der Waals surface area contributed by atoms with Crippen molar-refractivity contribution in [2.45, 2.75) is 44.7 Å². The maximum atomic E-state index is 13.1. The quantitative estimate of drug-likeness (QED) is 0.423. The van der Waals surface area contributed by atoms with Gasteiger partial charge in [-0.1, -0.05) is 25.0 Å². The summed E-state index contributed by atoms with van der Waals surface area (Å²) in [5.74, 6) is -0.0570. The fourth-order valence-corrected chi connectivity index (χ4v) is 4.58. The molecule has 2 aromatic carbocycles. The van der Waals surface area contributed by atoms with E-state index in [0.29, 0.717) is 23.7 Å². The highest BCUT2D eigenvalue weighted by Crippen LogP contribution is 2.44. The zero-order chi connectivity index (χ0) is 22.0. The summed E-state index contributed by atoms with van der Waals surface area (Å²) in [5.41, 5.74) is 1.34. The summed E-state index contributed by atoms with van der Waals surface area (Å²) >= 11 is 0. The zero-order valence-corrected chi connectivity index (χ0v) is 17.8. The molecule has 6 nitrogen and oxygen atoms in total. The van der Waals surface area contributed by atoms with E-state index in [1.54, 1.807) is 36.3 Å². The number of amides is 1. The molecule has 31 heavy (non-hydrogen) atoms. The Labute approximate surface area is 182 Å². The fraction of sp³-hybridized carbons (Fsp3) is 0.360. The molecule has 1 aliphatic heterocycles. The number of carbonyl (C=O) groups is 2. The van der Waals surface area contributed by atoms with E-state index in [1.165, 1.54) is 0 Å². The summed E-state index contributed by atoms with van der Waals surface area (Å²) < 4.78 is 10.8. The van der Waals surface area contributed by atoms with Crippen LogP contribution in [0.4, 0.5) is 0 Å². The first-order chi connectivity index (χ1) is 15.0. The Morgan fingerprint density at radius 2 is 1.77 bits per heavy atom. The van der Waals surface area contributed by atoms with Crippen molar-refractivity contribution < 1.29 is 24.2 Å². The van der Waals surface area contributed by atoms with Crippen molar-refractivity contribution in [2.75, 3.05) is 13.7 Å². The number of hydrogen-bond donors (Lipinski definition) is 1. The third kappa shape index (κ3) is 3.90. The van der Waals surface area contributed by atoms with Crippen molar-refractivity contribution in [3.63, 3.8) is 0 Å². The molecule has 162 valence electrons. The Bertz CT molecular complexity index is 1000. The first-order valence-electron chi connectivity index (χ1n) is 10.7. The van der Waals surface area contributed by atoms with Crippen LogP contribution in [0, 0.1) is 0 Å². The van der Waals surface area contributed by atoms with E-state index in [-0.39, 0.29) is 17.4 Å². The molecule has 4 rings (SSSR count). The van der Waals surface area contributed by atoms with E-state index in [4.69, 9.17) is 9.47 Å². The number of carbonyl (C=O) groups excluding carboxylic acids is 2. The molecule has 0 spiro atoms. The van der Waals surface area contributed by atoms with E-state index in [1.807, 2.05) is 31.2 Å². The summed E-state index contributed by atoms with van der Waals surface area (Å²) in [6.45, 7) is 2.43. The van der Waals surface area contributed by atoms with Gasteiger partial charge >= 0.3 is 0 Å². The van der Waals surface area contributed by atoms with Gasteiger partial charge in [0.15, 0.2) is 0 Å². The average Bonchev–Trinajstić information content (AvgIpc) is 3.41. The van der Waals surface area contributed by atoms with Crippen LogP contribution in [-0.2, 0) is 9.59 Å². The lowest BCUT2D eigenvalue weighted by Gasteiger charge is -2.31. The van der Waals surface area contributed by atoms with E-state index in [0.717, 1.165) is 31.2 Å². The van der Waals surface area contributed by atoms with Crippen LogP contribution in [0.25, 0.3) is 5.76 Å². The smallest absolute Gasteiger partial charge is 0.295 e. The lowest BCUT2D eigenvalue weighted by atomic mass is 9.94. The van der Waals surface area contributed by atoms with Gasteiger partial charge < -0.3 is 19.5 Å². The molecule has 2 aliphatic rings. The van der Waals surface area contributed by atoms with Crippen LogP contribution < -0.4 is 9.47 Å². The van der Waals surface area contributed by atoms with Crippen LogP contribution in [0.1, 0.15) is 49.8 Å². The number of aliphatic hydroxyl groups excluding tert-OH is 1. The molecule has 1 unspecified atom stereocenters. The third-order valence-electron chi connectivity index (χ3n) is 6.05. The predicted molar refractivity (Wildman–Crippen MR) is 117 cm³/mol. The second-order valence-corrected chi connectivity index (χ2v) is 7.88. The number of likely N-dealkylation sites (tertiary alicyclic amines) is 1. The van der Waals surface area contributed by atoms with Gasteiger partial charge in [-0.25, -0.2) is 0 Å². The molecule has 0 bridgehead atoms. The number of aliphatic hydroxyl groups is 1. The lowest BCUT2D eigenvalue weighted by molar-refractivity contribution is -0.141. The largest absolute Gasteiger partial charge is 0.507 e. The Hall–Kier alpha value is -3.28. The van der Waals surface area contributed by atoms with Gasteiger partial charge in [-0.05, 0) is 61.7 Å². The molecule has 1 aliphatic carbocycles. The topological polar surface area (TPSA) is 76.1 Å². The van der Waals surface area contributed by atoms with Crippen LogP contribution in [0.2, 0.25) is 0 Å². The van der Waals surface area contributed by atoms with Gasteiger partial charge in [0.25, 0.3) is 11.7 Å². The number of rotatable bonds is 6. The van der Waals surface area contributed by atoms with Crippen LogP contribution in [-0.4, -0.2) is 41.5 Å². The molecular formula is C25H27NO5. The van der Waals surface area contributed by atoms with Crippen LogP contribution >= 0.6 is 0 Å². The SMILES string of the molecule is CCOc1ccc(/C(O)=C2/C(=O)C(=O)N(C3CCCC3)C2c2cccc(OC)c2)cc1. The van der Waals surface area contributed by atoms with Gasteiger partial charge in [-0.15, -0.1) is 0 Å². The van der Waals surface area contributed by atoms with Gasteiger partial charge in [0.2, 0.25) is 0 Å². The Morgan fingerprint density at radius 3 is 2.42 bits per heavy atom. The van der Waals surface area contributed by atoms with E-state index in [9.17, 15) is 14.7 Å². The summed E-state index contributed by atoms with van der Waals surface area (Å²) in [5, 5.41) is 11.2. The van der Waals surface area contributed by atoms with Gasteiger partial charge in [0, 0.05) is 11.6 Å². The van der Waals surface area contributed by atoms with E-state index >= 15 is 0 Å². The second-order valence-electron chi connectivity index (χ2n) is 7.88. The standard InChI is InChI=1S/C25H27NO5/c1-3-31-19-13-11-16(12-14-19)23(27)21-22(17-7-6-10-20(15-17)30-2)26(25(29)24(21)28)18-8-4-5-9-18/h6-7,10-15,18,22,27H,3-5,8-9H2,1-2H3/b23-21-. The molecular weight excluding hydrogens is 394 g/mol. The molecule has 1 amide bonds. The van der Waals surface area contributed by atoms with Crippen molar-refractivity contribution in [1.82, 2.24) is 4.90 Å². The van der Waals surface area contributed by atoms with E-state index in [2.05, 4.69) is 0 Å². The lowest BCUT2D eigenvalue weighted by Crippen LogP contribution is -2.37.